The number of hydrogen-bond acceptors (Lipinski definition) is 4. The summed E-state index contributed by atoms with van der Waals surface area (Å²) >= 11 is 0. The molecule has 3 N–H and O–H groups in total. The van der Waals surface area contributed by atoms with Gasteiger partial charge in [-0.3, -0.25) is 9.48 Å². The van der Waals surface area contributed by atoms with Gasteiger partial charge in [0, 0.05) is 12.6 Å². The van der Waals surface area contributed by atoms with E-state index in [1.807, 2.05) is 6.92 Å². The molecule has 0 fully saturated rings. The molecule has 1 amide bonds. The molecular weight excluding hydrogens is 230 g/mol. The zero-order valence-electron chi connectivity index (χ0n) is 11.4. The van der Waals surface area contributed by atoms with Gasteiger partial charge in [0.2, 0.25) is 0 Å². The van der Waals surface area contributed by atoms with Crippen LogP contribution in [0.5, 0.6) is 0 Å². The molecule has 0 saturated heterocycles. The van der Waals surface area contributed by atoms with Crippen LogP contribution in [0.25, 0.3) is 0 Å². The minimum absolute atomic E-state index is 0.146. The Morgan fingerprint density at radius 3 is 2.72 bits per heavy atom. The van der Waals surface area contributed by atoms with Gasteiger partial charge in [0.25, 0.3) is 5.91 Å². The van der Waals surface area contributed by atoms with Crippen molar-refractivity contribution >= 4 is 5.91 Å². The van der Waals surface area contributed by atoms with Crippen molar-refractivity contribution in [2.45, 2.75) is 46.2 Å². The first-order chi connectivity index (χ1) is 8.62. The van der Waals surface area contributed by atoms with E-state index in [4.69, 9.17) is 5.73 Å². The van der Waals surface area contributed by atoms with Crippen LogP contribution in [0.3, 0.4) is 0 Å². The highest BCUT2D eigenvalue weighted by molar-refractivity contribution is 5.92. The maximum Gasteiger partial charge on any atom is 0.273 e. The monoisotopic (exact) mass is 253 g/mol. The second-order valence-corrected chi connectivity index (χ2v) is 4.49. The first kappa shape index (κ1) is 14.6. The minimum Gasteiger partial charge on any atom is -0.348 e. The Kier molecular flexibility index (Phi) is 5.77. The van der Waals surface area contributed by atoms with Gasteiger partial charge in [0.15, 0.2) is 5.69 Å². The van der Waals surface area contributed by atoms with Gasteiger partial charge in [-0.1, -0.05) is 31.9 Å². The van der Waals surface area contributed by atoms with Crippen molar-refractivity contribution in [1.29, 1.82) is 0 Å². The lowest BCUT2D eigenvalue weighted by molar-refractivity contribution is 0.0920. The van der Waals surface area contributed by atoms with Crippen LogP contribution in [-0.4, -0.2) is 33.5 Å². The molecule has 0 aliphatic carbocycles. The van der Waals surface area contributed by atoms with Gasteiger partial charge in [0.1, 0.15) is 0 Å². The lowest BCUT2D eigenvalue weighted by Gasteiger charge is -2.21. The molecule has 1 unspecified atom stereocenters. The van der Waals surface area contributed by atoms with Crippen LogP contribution in [-0.2, 0) is 6.54 Å². The van der Waals surface area contributed by atoms with Gasteiger partial charge in [-0.2, -0.15) is 0 Å². The zero-order chi connectivity index (χ0) is 13.5. The van der Waals surface area contributed by atoms with Gasteiger partial charge in [-0.15, -0.1) is 5.10 Å². The van der Waals surface area contributed by atoms with Crippen molar-refractivity contribution in [2.24, 2.45) is 11.7 Å². The number of amides is 1. The predicted octanol–water partition coefficient (Wildman–Crippen LogP) is 0.791. The molecule has 0 bridgehead atoms. The molecule has 0 aliphatic rings. The summed E-state index contributed by atoms with van der Waals surface area (Å²) in [5.41, 5.74) is 5.76. The molecule has 0 radical (unpaired) electrons. The second kappa shape index (κ2) is 7.10. The van der Waals surface area contributed by atoms with Crippen LogP contribution in [0, 0.1) is 5.92 Å². The molecule has 6 nitrogen and oxygen atoms in total. The summed E-state index contributed by atoms with van der Waals surface area (Å²) in [4.78, 5) is 12.0. The van der Waals surface area contributed by atoms with Crippen LogP contribution in [0.1, 0.15) is 44.1 Å². The van der Waals surface area contributed by atoms with E-state index < -0.39 is 0 Å². The van der Waals surface area contributed by atoms with Gasteiger partial charge in [-0.05, 0) is 12.8 Å². The predicted molar refractivity (Wildman–Crippen MR) is 70.1 cm³/mol. The summed E-state index contributed by atoms with van der Waals surface area (Å²) in [6, 6.07) is 0.146. The zero-order valence-corrected chi connectivity index (χ0v) is 11.4. The lowest BCUT2D eigenvalue weighted by Crippen LogP contribution is -2.37. The molecule has 1 aromatic heterocycles. The van der Waals surface area contributed by atoms with Crippen molar-refractivity contribution in [1.82, 2.24) is 20.3 Å². The first-order valence-electron chi connectivity index (χ1n) is 6.53. The molecule has 0 aromatic carbocycles. The Balaban J connectivity index is 2.58. The molecule has 0 aliphatic heterocycles. The minimum atomic E-state index is -0.169. The van der Waals surface area contributed by atoms with Gasteiger partial charge >= 0.3 is 0 Å². The second-order valence-electron chi connectivity index (χ2n) is 4.49. The maximum atomic E-state index is 12.0. The fourth-order valence-corrected chi connectivity index (χ4v) is 2.04. The molecule has 0 saturated carbocycles. The Labute approximate surface area is 108 Å². The van der Waals surface area contributed by atoms with E-state index in [0.29, 0.717) is 24.7 Å². The van der Waals surface area contributed by atoms with E-state index >= 15 is 0 Å². The summed E-state index contributed by atoms with van der Waals surface area (Å²) in [5.74, 6) is 0.325. The number of rotatable bonds is 7. The van der Waals surface area contributed by atoms with E-state index in [0.717, 1.165) is 12.8 Å². The van der Waals surface area contributed by atoms with Crippen molar-refractivity contribution < 1.29 is 4.79 Å². The summed E-state index contributed by atoms with van der Waals surface area (Å²) in [5, 5.41) is 10.7. The summed E-state index contributed by atoms with van der Waals surface area (Å²) in [6.07, 6.45) is 3.73. The van der Waals surface area contributed by atoms with Gasteiger partial charge < -0.3 is 11.1 Å². The van der Waals surface area contributed by atoms with E-state index in [1.165, 1.54) is 0 Å². The summed E-state index contributed by atoms with van der Waals surface area (Å²) < 4.78 is 1.58. The number of nitrogens with one attached hydrogen (secondary N) is 1. The highest BCUT2D eigenvalue weighted by Gasteiger charge is 2.18. The van der Waals surface area contributed by atoms with Crippen LogP contribution in [0.15, 0.2) is 6.20 Å². The number of nitrogens with two attached hydrogens (primary N) is 1. The maximum absolute atomic E-state index is 12.0. The van der Waals surface area contributed by atoms with Crippen LogP contribution in [0.2, 0.25) is 0 Å². The normalized spacial score (nSPS) is 12.7. The fraction of sp³-hybridized carbons (Fsp3) is 0.750. The number of nitrogens with zero attached hydrogens (tertiary/aromatic N) is 3. The summed E-state index contributed by atoms with van der Waals surface area (Å²) in [7, 11) is 0. The topological polar surface area (TPSA) is 85.8 Å². The van der Waals surface area contributed by atoms with E-state index in [1.54, 1.807) is 10.9 Å². The number of carbonyl (C=O) groups excluding carboxylic acids is 1. The quantitative estimate of drug-likeness (QED) is 0.752. The first-order valence-corrected chi connectivity index (χ1v) is 6.53. The van der Waals surface area contributed by atoms with Crippen LogP contribution < -0.4 is 11.1 Å². The third-order valence-electron chi connectivity index (χ3n) is 3.24. The number of aromatic nitrogens is 3. The smallest absolute Gasteiger partial charge is 0.273 e. The lowest BCUT2D eigenvalue weighted by atomic mass is 9.95. The van der Waals surface area contributed by atoms with Crippen LogP contribution in [0.4, 0.5) is 0 Å². The van der Waals surface area contributed by atoms with Crippen LogP contribution >= 0.6 is 0 Å². The van der Waals surface area contributed by atoms with E-state index in [2.05, 4.69) is 29.5 Å². The molecule has 1 atom stereocenters. The molecule has 1 rings (SSSR count). The molecule has 102 valence electrons. The molecule has 0 spiro atoms. The molecular formula is C12H23N5O. The Bertz CT molecular complexity index is 372. The number of hydrogen-bond donors (Lipinski definition) is 2. The Morgan fingerprint density at radius 1 is 1.50 bits per heavy atom. The van der Waals surface area contributed by atoms with Gasteiger partial charge in [0.05, 0.1) is 12.7 Å². The molecule has 18 heavy (non-hydrogen) atoms. The standard InChI is InChI=1S/C12H23N5O/c1-4-10(5-2)9(3)14-12(18)11-8-17(7-6-13)16-15-11/h8-10H,4-7,13H2,1-3H3,(H,14,18). The van der Waals surface area contributed by atoms with Crippen molar-refractivity contribution in [2.75, 3.05) is 6.54 Å². The SMILES string of the molecule is CCC(CC)C(C)NC(=O)c1cn(CCN)nn1. The van der Waals surface area contributed by atoms with Crippen molar-refractivity contribution in [3.63, 3.8) is 0 Å². The average Bonchev–Trinajstić information content (AvgIpc) is 2.79. The van der Waals surface area contributed by atoms with Crippen molar-refractivity contribution in [3.8, 4) is 0 Å². The largest absolute Gasteiger partial charge is 0.348 e. The Hall–Kier alpha value is -1.43. The Morgan fingerprint density at radius 2 is 2.17 bits per heavy atom. The van der Waals surface area contributed by atoms with Gasteiger partial charge in [-0.25, -0.2) is 0 Å². The van der Waals surface area contributed by atoms with Crippen molar-refractivity contribution in [3.05, 3.63) is 11.9 Å². The third-order valence-corrected chi connectivity index (χ3v) is 3.24. The number of carbonyl (C=O) groups is 1. The van der Waals surface area contributed by atoms with E-state index in [9.17, 15) is 4.79 Å². The summed E-state index contributed by atoms with van der Waals surface area (Å²) in [6.45, 7) is 7.35. The molecule has 1 aromatic rings. The fourth-order valence-electron chi connectivity index (χ4n) is 2.04. The molecule has 6 heteroatoms. The highest BCUT2D eigenvalue weighted by atomic mass is 16.2. The average molecular weight is 253 g/mol. The third kappa shape index (κ3) is 3.80. The highest BCUT2D eigenvalue weighted by Crippen LogP contribution is 2.12. The van der Waals surface area contributed by atoms with E-state index in [-0.39, 0.29) is 11.9 Å². The molecule has 1 heterocycles.